The number of oxazole rings is 1. The van der Waals surface area contributed by atoms with Gasteiger partial charge in [0.1, 0.15) is 11.3 Å². The highest BCUT2D eigenvalue weighted by molar-refractivity contribution is 6.02. The lowest BCUT2D eigenvalue weighted by molar-refractivity contribution is -0.111. The minimum Gasteiger partial charge on any atom is -0.497 e. The van der Waals surface area contributed by atoms with Crippen LogP contribution in [0.3, 0.4) is 0 Å². The maximum Gasteiger partial charge on any atom is 0.248 e. The summed E-state index contributed by atoms with van der Waals surface area (Å²) in [5.74, 6) is 1.12. The molecule has 0 spiro atoms. The van der Waals surface area contributed by atoms with Crippen LogP contribution >= 0.6 is 0 Å². The normalized spacial score (nSPS) is 11.2. The Balaban J connectivity index is 1.49. The number of hydrogen-bond acceptors (Lipinski definition) is 4. The quantitative estimate of drug-likeness (QED) is 0.433. The fourth-order valence-corrected chi connectivity index (χ4v) is 3.07. The van der Waals surface area contributed by atoms with Crippen LogP contribution in [0.25, 0.3) is 28.6 Å². The predicted octanol–water partition coefficient (Wildman–Crippen LogP) is 5.77. The van der Waals surface area contributed by atoms with E-state index in [1.165, 1.54) is 17.2 Å². The van der Waals surface area contributed by atoms with Crippen LogP contribution in [0, 0.1) is 13.8 Å². The number of carbonyl (C=O) groups is 1. The summed E-state index contributed by atoms with van der Waals surface area (Å²) in [6.45, 7) is 4.14. The molecule has 0 aliphatic rings. The molecule has 30 heavy (non-hydrogen) atoms. The summed E-state index contributed by atoms with van der Waals surface area (Å²) in [7, 11) is 1.62. The third-order valence-electron chi connectivity index (χ3n) is 4.95. The second-order valence-corrected chi connectivity index (χ2v) is 7.10. The second kappa shape index (κ2) is 8.25. The van der Waals surface area contributed by atoms with Crippen LogP contribution in [-0.2, 0) is 4.79 Å². The van der Waals surface area contributed by atoms with Crippen molar-refractivity contribution in [1.82, 2.24) is 4.98 Å². The Bertz CT molecular complexity index is 1240. The van der Waals surface area contributed by atoms with Crippen LogP contribution in [-0.4, -0.2) is 18.0 Å². The van der Waals surface area contributed by atoms with E-state index < -0.39 is 0 Å². The molecule has 1 heterocycles. The van der Waals surface area contributed by atoms with Crippen molar-refractivity contribution in [1.29, 1.82) is 0 Å². The van der Waals surface area contributed by atoms with Crippen molar-refractivity contribution in [2.75, 3.05) is 12.4 Å². The number of amides is 1. The number of ether oxygens (including phenoxy) is 1. The van der Waals surface area contributed by atoms with Gasteiger partial charge in [0.15, 0.2) is 5.58 Å². The van der Waals surface area contributed by atoms with Crippen LogP contribution in [0.2, 0.25) is 0 Å². The number of anilines is 1. The van der Waals surface area contributed by atoms with E-state index >= 15 is 0 Å². The second-order valence-electron chi connectivity index (χ2n) is 7.10. The Morgan fingerprint density at radius 1 is 1.00 bits per heavy atom. The number of nitrogens with one attached hydrogen (secondary N) is 1. The number of benzene rings is 3. The third kappa shape index (κ3) is 4.25. The van der Waals surface area contributed by atoms with Crippen molar-refractivity contribution in [2.24, 2.45) is 0 Å². The van der Waals surface area contributed by atoms with Crippen LogP contribution in [0.15, 0.2) is 71.2 Å². The first kappa shape index (κ1) is 19.5. The van der Waals surface area contributed by atoms with Crippen LogP contribution in [0.5, 0.6) is 5.75 Å². The fourth-order valence-electron chi connectivity index (χ4n) is 3.07. The smallest absolute Gasteiger partial charge is 0.248 e. The van der Waals surface area contributed by atoms with Gasteiger partial charge in [-0.1, -0.05) is 18.2 Å². The molecule has 0 saturated heterocycles. The van der Waals surface area contributed by atoms with Gasteiger partial charge in [-0.2, -0.15) is 0 Å². The van der Waals surface area contributed by atoms with Gasteiger partial charge < -0.3 is 14.5 Å². The van der Waals surface area contributed by atoms with E-state index in [2.05, 4.69) is 36.3 Å². The molecule has 5 nitrogen and oxygen atoms in total. The zero-order valence-electron chi connectivity index (χ0n) is 17.1. The number of rotatable bonds is 5. The number of methoxy groups -OCH3 is 1. The Labute approximate surface area is 175 Å². The zero-order valence-corrected chi connectivity index (χ0v) is 17.1. The Morgan fingerprint density at radius 3 is 2.53 bits per heavy atom. The highest BCUT2D eigenvalue weighted by atomic mass is 16.5. The van der Waals surface area contributed by atoms with Gasteiger partial charge in [0.2, 0.25) is 11.8 Å². The first-order valence-electron chi connectivity index (χ1n) is 9.63. The standard InChI is InChI=1S/C25H22N2O3/c1-16-4-8-19(14-17(16)2)25-27-22-15-20(9-12-23(22)30-25)26-24(28)13-7-18-5-10-21(29-3)11-6-18/h4-15H,1-3H3,(H,26,28)/b13-7+. The molecule has 0 unspecified atom stereocenters. The molecular weight excluding hydrogens is 376 g/mol. The van der Waals surface area contributed by atoms with Crippen molar-refractivity contribution >= 4 is 28.8 Å². The van der Waals surface area contributed by atoms with Gasteiger partial charge in [0.05, 0.1) is 7.11 Å². The molecule has 5 heteroatoms. The first-order chi connectivity index (χ1) is 14.5. The predicted molar refractivity (Wildman–Crippen MR) is 120 cm³/mol. The van der Waals surface area contributed by atoms with Crippen LogP contribution in [0.4, 0.5) is 5.69 Å². The third-order valence-corrected chi connectivity index (χ3v) is 4.95. The summed E-state index contributed by atoms with van der Waals surface area (Å²) in [4.78, 5) is 16.9. The lowest BCUT2D eigenvalue weighted by Gasteiger charge is -2.02. The van der Waals surface area contributed by atoms with E-state index in [9.17, 15) is 4.79 Å². The number of hydrogen-bond donors (Lipinski definition) is 1. The summed E-state index contributed by atoms with van der Waals surface area (Å²) >= 11 is 0. The van der Waals surface area contributed by atoms with E-state index in [0.29, 0.717) is 22.7 Å². The van der Waals surface area contributed by atoms with E-state index in [4.69, 9.17) is 9.15 Å². The summed E-state index contributed by atoms with van der Waals surface area (Å²) in [6.07, 6.45) is 3.25. The molecule has 0 aliphatic heterocycles. The van der Waals surface area contributed by atoms with Gasteiger partial charge in [-0.25, -0.2) is 4.98 Å². The average Bonchev–Trinajstić information content (AvgIpc) is 3.18. The molecule has 0 atom stereocenters. The molecule has 1 N–H and O–H groups in total. The molecular formula is C25H22N2O3. The van der Waals surface area contributed by atoms with Crippen molar-refractivity contribution in [3.05, 3.63) is 83.4 Å². The van der Waals surface area contributed by atoms with Crippen molar-refractivity contribution in [3.63, 3.8) is 0 Å². The first-order valence-corrected chi connectivity index (χ1v) is 9.63. The maximum absolute atomic E-state index is 12.3. The molecule has 1 aromatic heterocycles. The largest absolute Gasteiger partial charge is 0.497 e. The zero-order chi connectivity index (χ0) is 21.1. The van der Waals surface area contributed by atoms with Gasteiger partial charge in [-0.3, -0.25) is 4.79 Å². The summed E-state index contributed by atoms with van der Waals surface area (Å²) in [6, 6.07) is 19.0. The number of aryl methyl sites for hydroxylation is 2. The molecule has 3 aromatic carbocycles. The molecule has 0 saturated carbocycles. The Morgan fingerprint density at radius 2 is 1.80 bits per heavy atom. The van der Waals surface area contributed by atoms with Gasteiger partial charge in [0.25, 0.3) is 0 Å². The lowest BCUT2D eigenvalue weighted by atomic mass is 10.1. The molecule has 4 aromatic rings. The average molecular weight is 398 g/mol. The van der Waals surface area contributed by atoms with E-state index in [-0.39, 0.29) is 5.91 Å². The minimum absolute atomic E-state index is 0.219. The van der Waals surface area contributed by atoms with Crippen LogP contribution < -0.4 is 10.1 Å². The SMILES string of the molecule is COc1ccc(/C=C/C(=O)Nc2ccc3oc(-c4ccc(C)c(C)c4)nc3c2)cc1. The molecule has 150 valence electrons. The van der Waals surface area contributed by atoms with Gasteiger partial charge in [0, 0.05) is 17.3 Å². The van der Waals surface area contributed by atoms with Crippen molar-refractivity contribution < 1.29 is 13.9 Å². The maximum atomic E-state index is 12.3. The number of carbonyl (C=O) groups excluding carboxylic acids is 1. The van der Waals surface area contributed by atoms with Gasteiger partial charge in [-0.05, 0) is 79.1 Å². The van der Waals surface area contributed by atoms with E-state index in [0.717, 1.165) is 16.9 Å². The molecule has 0 fully saturated rings. The highest BCUT2D eigenvalue weighted by Crippen LogP contribution is 2.27. The number of fused-ring (bicyclic) bond motifs is 1. The van der Waals surface area contributed by atoms with Gasteiger partial charge in [-0.15, -0.1) is 0 Å². The fraction of sp³-hybridized carbons (Fsp3) is 0.120. The molecule has 0 aliphatic carbocycles. The minimum atomic E-state index is -0.219. The van der Waals surface area contributed by atoms with Gasteiger partial charge >= 0.3 is 0 Å². The summed E-state index contributed by atoms with van der Waals surface area (Å²) < 4.78 is 11.0. The highest BCUT2D eigenvalue weighted by Gasteiger charge is 2.10. The topological polar surface area (TPSA) is 64.4 Å². The van der Waals surface area contributed by atoms with Crippen LogP contribution in [0.1, 0.15) is 16.7 Å². The molecule has 4 rings (SSSR count). The van der Waals surface area contributed by atoms with E-state index in [1.807, 2.05) is 42.5 Å². The monoisotopic (exact) mass is 398 g/mol. The lowest BCUT2D eigenvalue weighted by Crippen LogP contribution is -2.07. The molecule has 0 radical (unpaired) electrons. The number of nitrogens with zero attached hydrogens (tertiary/aromatic N) is 1. The Hall–Kier alpha value is -3.86. The summed E-state index contributed by atoms with van der Waals surface area (Å²) in [5.41, 5.74) is 6.29. The van der Waals surface area contributed by atoms with E-state index in [1.54, 1.807) is 19.3 Å². The molecule has 1 amide bonds. The Kier molecular flexibility index (Phi) is 5.35. The molecule has 0 bridgehead atoms. The van der Waals surface area contributed by atoms with Crippen molar-refractivity contribution in [3.8, 4) is 17.2 Å². The number of aromatic nitrogens is 1. The van der Waals surface area contributed by atoms with Crippen molar-refractivity contribution in [2.45, 2.75) is 13.8 Å². The summed E-state index contributed by atoms with van der Waals surface area (Å²) in [5, 5.41) is 2.86.